The highest BCUT2D eigenvalue weighted by atomic mass is 19.1. The lowest BCUT2D eigenvalue weighted by molar-refractivity contribution is -0.135. The van der Waals surface area contributed by atoms with Gasteiger partial charge in [0.25, 0.3) is 0 Å². The Morgan fingerprint density at radius 1 is 1.33 bits per heavy atom. The van der Waals surface area contributed by atoms with E-state index >= 15 is 0 Å². The molecule has 0 amide bonds. The summed E-state index contributed by atoms with van der Waals surface area (Å²) in [5.74, 6) is -1.31. The Hall–Kier alpha value is -3.28. The van der Waals surface area contributed by atoms with Crippen molar-refractivity contribution in [1.29, 1.82) is 0 Å². The number of carboxylic acids is 1. The average molecular weight is 366 g/mol. The summed E-state index contributed by atoms with van der Waals surface area (Å²) in [4.78, 5) is 19.5. The molecule has 5 nitrogen and oxygen atoms in total. The second-order valence-electron chi connectivity index (χ2n) is 6.13. The number of carbonyl (C=O) groups is 1. The van der Waals surface area contributed by atoms with E-state index in [-0.39, 0.29) is 12.2 Å². The molecule has 6 heteroatoms. The van der Waals surface area contributed by atoms with E-state index in [0.29, 0.717) is 18.6 Å². The summed E-state index contributed by atoms with van der Waals surface area (Å²) in [6, 6.07) is 9.65. The van der Waals surface area contributed by atoms with Crippen LogP contribution < -0.4 is 0 Å². The van der Waals surface area contributed by atoms with Crippen molar-refractivity contribution < 1.29 is 19.1 Å². The van der Waals surface area contributed by atoms with Gasteiger partial charge in [0.05, 0.1) is 18.8 Å². The summed E-state index contributed by atoms with van der Waals surface area (Å²) in [5, 5.41) is 12.2. The number of allylic oxidation sites excluding steroid dienone is 2. The standard InChI is InChI=1S/C21H19FN2O3/c1-14-10-17(20(22)13-23-14)12-16-11-15(18-4-2-3-5-19(16)18)7-9-27-24-8-6-21(25)26/h2-5,8,10-13H,6-7,9H2,1H3,(H,25,26)/b16-12-,24-8?. The number of hydrogen-bond donors (Lipinski definition) is 1. The van der Waals surface area contributed by atoms with Crippen LogP contribution in [0.2, 0.25) is 0 Å². The van der Waals surface area contributed by atoms with Gasteiger partial charge in [-0.2, -0.15) is 0 Å². The van der Waals surface area contributed by atoms with Crippen LogP contribution in [0.1, 0.15) is 35.2 Å². The number of nitrogens with zero attached hydrogens (tertiary/aromatic N) is 2. The lowest BCUT2D eigenvalue weighted by atomic mass is 10.0. The highest BCUT2D eigenvalue weighted by Gasteiger charge is 2.18. The number of fused-ring (bicyclic) bond motifs is 1. The third-order valence-electron chi connectivity index (χ3n) is 4.12. The topological polar surface area (TPSA) is 71.8 Å². The van der Waals surface area contributed by atoms with Crippen molar-refractivity contribution in [2.24, 2.45) is 5.16 Å². The lowest BCUT2D eigenvalue weighted by Crippen LogP contribution is -1.96. The molecule has 3 rings (SSSR count). The van der Waals surface area contributed by atoms with Crippen LogP contribution in [0.4, 0.5) is 4.39 Å². The Labute approximate surface area is 156 Å². The molecule has 1 aliphatic rings. The molecular weight excluding hydrogens is 347 g/mol. The number of pyridine rings is 1. The molecule has 1 aromatic carbocycles. The van der Waals surface area contributed by atoms with Crippen LogP contribution in [0, 0.1) is 12.7 Å². The molecule has 1 aromatic heterocycles. The Kier molecular flexibility index (Phi) is 5.76. The number of oxime groups is 1. The van der Waals surface area contributed by atoms with Crippen LogP contribution in [0.25, 0.3) is 17.2 Å². The van der Waals surface area contributed by atoms with Gasteiger partial charge in [0.1, 0.15) is 12.4 Å². The van der Waals surface area contributed by atoms with E-state index in [4.69, 9.17) is 9.94 Å². The molecular formula is C21H19FN2O3. The minimum atomic E-state index is -0.955. The highest BCUT2D eigenvalue weighted by molar-refractivity contribution is 6.01. The molecule has 0 bridgehead atoms. The zero-order valence-electron chi connectivity index (χ0n) is 14.9. The molecule has 138 valence electrons. The average Bonchev–Trinajstić information content (AvgIpc) is 2.99. The first-order valence-electron chi connectivity index (χ1n) is 8.54. The monoisotopic (exact) mass is 366 g/mol. The van der Waals surface area contributed by atoms with Crippen molar-refractivity contribution in [2.45, 2.75) is 19.8 Å². The van der Waals surface area contributed by atoms with Gasteiger partial charge in [0.2, 0.25) is 0 Å². The largest absolute Gasteiger partial charge is 0.481 e. The van der Waals surface area contributed by atoms with Crippen LogP contribution in [-0.2, 0) is 9.63 Å². The summed E-state index contributed by atoms with van der Waals surface area (Å²) < 4.78 is 14.1. The molecule has 27 heavy (non-hydrogen) atoms. The summed E-state index contributed by atoms with van der Waals surface area (Å²) in [6.45, 7) is 2.15. The SMILES string of the molecule is Cc1cc(/C=C2/C=C(CCON=CCC(=O)O)c3ccccc32)c(F)cn1. The first kappa shape index (κ1) is 18.5. The van der Waals surface area contributed by atoms with E-state index in [1.54, 1.807) is 6.07 Å². The van der Waals surface area contributed by atoms with Gasteiger partial charge >= 0.3 is 5.97 Å². The fourth-order valence-corrected chi connectivity index (χ4v) is 2.90. The molecule has 0 spiro atoms. The first-order valence-corrected chi connectivity index (χ1v) is 8.54. The first-order chi connectivity index (χ1) is 13.0. The zero-order chi connectivity index (χ0) is 19.2. The molecule has 0 unspecified atom stereocenters. The Bertz CT molecular complexity index is 948. The van der Waals surface area contributed by atoms with Crippen LogP contribution in [0.3, 0.4) is 0 Å². The quantitative estimate of drug-likeness (QED) is 0.450. The van der Waals surface area contributed by atoms with Gasteiger partial charge in [0.15, 0.2) is 0 Å². The van der Waals surface area contributed by atoms with Crippen LogP contribution >= 0.6 is 0 Å². The van der Waals surface area contributed by atoms with Gasteiger partial charge in [0, 0.05) is 17.7 Å². The molecule has 1 aliphatic carbocycles. The van der Waals surface area contributed by atoms with Crippen molar-refractivity contribution in [3.63, 3.8) is 0 Å². The number of aliphatic carboxylic acids is 1. The van der Waals surface area contributed by atoms with E-state index in [1.165, 1.54) is 12.4 Å². The van der Waals surface area contributed by atoms with Gasteiger partial charge in [-0.25, -0.2) is 4.39 Å². The van der Waals surface area contributed by atoms with E-state index < -0.39 is 5.97 Å². The van der Waals surface area contributed by atoms with Crippen molar-refractivity contribution in [3.05, 3.63) is 70.8 Å². The highest BCUT2D eigenvalue weighted by Crippen LogP contribution is 2.38. The maximum atomic E-state index is 14.1. The van der Waals surface area contributed by atoms with Crippen LogP contribution in [0.5, 0.6) is 0 Å². The molecule has 0 atom stereocenters. The Morgan fingerprint density at radius 2 is 2.11 bits per heavy atom. The van der Waals surface area contributed by atoms with Gasteiger partial charge < -0.3 is 9.94 Å². The summed E-state index contributed by atoms with van der Waals surface area (Å²) in [6.07, 6.45) is 6.73. The number of benzene rings is 1. The second kappa shape index (κ2) is 8.40. The van der Waals surface area contributed by atoms with Crippen molar-refractivity contribution >= 4 is 29.4 Å². The number of aryl methyl sites for hydroxylation is 1. The van der Waals surface area contributed by atoms with E-state index in [2.05, 4.69) is 10.1 Å². The van der Waals surface area contributed by atoms with E-state index in [0.717, 1.165) is 28.0 Å². The third-order valence-corrected chi connectivity index (χ3v) is 4.12. The second-order valence-corrected chi connectivity index (χ2v) is 6.13. The number of aromatic nitrogens is 1. The van der Waals surface area contributed by atoms with Gasteiger partial charge in [-0.1, -0.05) is 35.5 Å². The molecule has 0 fully saturated rings. The lowest BCUT2D eigenvalue weighted by Gasteiger charge is -2.05. The maximum absolute atomic E-state index is 14.1. The third kappa shape index (κ3) is 4.67. The van der Waals surface area contributed by atoms with Crippen molar-refractivity contribution in [1.82, 2.24) is 4.98 Å². The molecule has 0 saturated carbocycles. The Morgan fingerprint density at radius 3 is 2.89 bits per heavy atom. The van der Waals surface area contributed by atoms with Gasteiger partial charge in [-0.3, -0.25) is 9.78 Å². The minimum Gasteiger partial charge on any atom is -0.481 e. The number of rotatable bonds is 7. The van der Waals surface area contributed by atoms with Crippen LogP contribution in [0.15, 0.2) is 47.8 Å². The molecule has 0 aliphatic heterocycles. The summed E-state index contributed by atoms with van der Waals surface area (Å²) in [5.41, 5.74) is 5.37. The minimum absolute atomic E-state index is 0.171. The summed E-state index contributed by atoms with van der Waals surface area (Å²) >= 11 is 0. The molecule has 0 saturated heterocycles. The Balaban J connectivity index is 1.78. The number of carboxylic acid groups (broad SMARTS) is 1. The fraction of sp³-hybridized carbons (Fsp3) is 0.190. The fourth-order valence-electron chi connectivity index (χ4n) is 2.90. The predicted octanol–water partition coefficient (Wildman–Crippen LogP) is 4.33. The van der Waals surface area contributed by atoms with Crippen molar-refractivity contribution in [3.8, 4) is 0 Å². The van der Waals surface area contributed by atoms with E-state index in [9.17, 15) is 9.18 Å². The zero-order valence-corrected chi connectivity index (χ0v) is 14.9. The predicted molar refractivity (Wildman–Crippen MR) is 103 cm³/mol. The number of halogens is 1. The molecule has 2 aromatic rings. The summed E-state index contributed by atoms with van der Waals surface area (Å²) in [7, 11) is 0. The molecule has 1 heterocycles. The van der Waals surface area contributed by atoms with Gasteiger partial charge in [-0.15, -0.1) is 0 Å². The molecule has 1 N–H and O–H groups in total. The normalized spacial score (nSPS) is 14.4. The maximum Gasteiger partial charge on any atom is 0.308 e. The smallest absolute Gasteiger partial charge is 0.308 e. The van der Waals surface area contributed by atoms with E-state index in [1.807, 2.05) is 43.3 Å². The van der Waals surface area contributed by atoms with Crippen LogP contribution in [-0.4, -0.2) is 28.9 Å². The van der Waals surface area contributed by atoms with Crippen molar-refractivity contribution in [2.75, 3.05) is 6.61 Å². The molecule has 0 radical (unpaired) electrons. The number of hydrogen-bond acceptors (Lipinski definition) is 4. The van der Waals surface area contributed by atoms with Gasteiger partial charge in [-0.05, 0) is 41.3 Å².